The average molecular weight is 485 g/mol. The van der Waals surface area contributed by atoms with Crippen LogP contribution in [0.2, 0.25) is 0 Å². The summed E-state index contributed by atoms with van der Waals surface area (Å²) in [6.45, 7) is 4.03. The van der Waals surface area contributed by atoms with Crippen LogP contribution in [0.25, 0.3) is 0 Å². The van der Waals surface area contributed by atoms with E-state index < -0.39 is 5.60 Å². The highest BCUT2D eigenvalue weighted by Gasteiger charge is 2.34. The fourth-order valence-corrected chi connectivity index (χ4v) is 4.52. The highest BCUT2D eigenvalue weighted by molar-refractivity contribution is 14.0. The van der Waals surface area contributed by atoms with E-state index in [-0.39, 0.29) is 30.0 Å². The average Bonchev–Trinajstić information content (AvgIpc) is 3.11. The molecule has 0 radical (unpaired) electrons. The second kappa shape index (κ2) is 8.14. The van der Waals surface area contributed by atoms with Gasteiger partial charge in [0.05, 0.1) is 25.8 Å². The van der Waals surface area contributed by atoms with Gasteiger partial charge >= 0.3 is 0 Å². The molecule has 3 heterocycles. The normalized spacial score (nSPS) is 24.7. The lowest BCUT2D eigenvalue weighted by atomic mass is 9.93. The summed E-state index contributed by atoms with van der Waals surface area (Å²) in [7, 11) is 0. The van der Waals surface area contributed by atoms with Crippen molar-refractivity contribution in [3.8, 4) is 5.75 Å². The van der Waals surface area contributed by atoms with Crippen LogP contribution in [0.3, 0.4) is 0 Å². The molecule has 2 aliphatic rings. The molecule has 1 aromatic carbocycles. The van der Waals surface area contributed by atoms with Gasteiger partial charge in [0.2, 0.25) is 0 Å². The van der Waals surface area contributed by atoms with Crippen molar-refractivity contribution < 1.29 is 9.47 Å². The number of guanidine groups is 1. The number of nitrogens with two attached hydrogens (primary N) is 1. The predicted molar refractivity (Wildman–Crippen MR) is 116 cm³/mol. The van der Waals surface area contributed by atoms with Crippen molar-refractivity contribution in [2.24, 2.45) is 10.7 Å². The number of hydrogen-bond donors (Lipinski definition) is 2. The Balaban J connectivity index is 0.00000196. The van der Waals surface area contributed by atoms with Gasteiger partial charge in [0.25, 0.3) is 0 Å². The number of benzene rings is 1. The minimum Gasteiger partial charge on any atom is -0.493 e. The van der Waals surface area contributed by atoms with Crippen LogP contribution < -0.4 is 15.8 Å². The molecule has 4 rings (SSSR count). The third kappa shape index (κ3) is 3.84. The summed E-state index contributed by atoms with van der Waals surface area (Å²) in [5, 5.41) is 5.47. The number of nitrogens with zero attached hydrogens (tertiary/aromatic N) is 1. The largest absolute Gasteiger partial charge is 0.493 e. The Hall–Kier alpha value is -1.32. The Morgan fingerprint density at radius 1 is 1.35 bits per heavy atom. The van der Waals surface area contributed by atoms with Crippen molar-refractivity contribution in [3.63, 3.8) is 0 Å². The molecule has 26 heavy (non-hydrogen) atoms. The number of hydrogen-bond acceptors (Lipinski definition) is 4. The summed E-state index contributed by atoms with van der Waals surface area (Å²) >= 11 is 1.79. The third-order valence-corrected chi connectivity index (χ3v) is 5.88. The lowest BCUT2D eigenvalue weighted by Gasteiger charge is -2.33. The molecule has 5 nitrogen and oxygen atoms in total. The quantitative estimate of drug-likeness (QED) is 0.396. The van der Waals surface area contributed by atoms with Crippen molar-refractivity contribution in [1.29, 1.82) is 0 Å². The number of rotatable bonds is 3. The Labute approximate surface area is 175 Å². The van der Waals surface area contributed by atoms with Gasteiger partial charge in [-0.25, -0.2) is 0 Å². The highest BCUT2D eigenvalue weighted by atomic mass is 127. The van der Waals surface area contributed by atoms with E-state index in [9.17, 15) is 0 Å². The molecule has 2 aliphatic heterocycles. The van der Waals surface area contributed by atoms with E-state index in [0.29, 0.717) is 19.1 Å². The summed E-state index contributed by atoms with van der Waals surface area (Å²) in [5.74, 6) is 1.37. The Kier molecular flexibility index (Phi) is 6.09. The number of thiophene rings is 1. The van der Waals surface area contributed by atoms with Crippen LogP contribution in [0, 0.1) is 0 Å². The van der Waals surface area contributed by atoms with Gasteiger partial charge in [-0.15, -0.1) is 35.3 Å². The van der Waals surface area contributed by atoms with Gasteiger partial charge in [0, 0.05) is 23.3 Å². The summed E-state index contributed by atoms with van der Waals surface area (Å²) in [5.41, 5.74) is 8.16. The molecule has 2 aromatic rings. The van der Waals surface area contributed by atoms with E-state index in [1.165, 1.54) is 10.4 Å². The zero-order valence-corrected chi connectivity index (χ0v) is 17.9. The first-order valence-corrected chi connectivity index (χ1v) is 9.53. The number of nitrogens with one attached hydrogen (secondary N) is 1. The molecule has 0 bridgehead atoms. The van der Waals surface area contributed by atoms with Gasteiger partial charge in [-0.2, -0.15) is 0 Å². The topological polar surface area (TPSA) is 68.9 Å². The fraction of sp³-hybridized carbons (Fsp3) is 0.421. The molecule has 0 spiro atoms. The van der Waals surface area contributed by atoms with Crippen LogP contribution in [-0.4, -0.2) is 25.7 Å². The SMILES string of the molecule is CC1(CN=C(N)NC2CCOc3ccccc32)OCCc2sccc21.I. The second-order valence-corrected chi connectivity index (χ2v) is 7.66. The minimum atomic E-state index is -0.395. The van der Waals surface area contributed by atoms with Crippen LogP contribution in [0.1, 0.15) is 35.4 Å². The van der Waals surface area contributed by atoms with E-state index >= 15 is 0 Å². The van der Waals surface area contributed by atoms with Crippen molar-refractivity contribution in [1.82, 2.24) is 5.32 Å². The second-order valence-electron chi connectivity index (χ2n) is 6.66. The molecule has 0 aliphatic carbocycles. The van der Waals surface area contributed by atoms with E-state index in [2.05, 4.69) is 34.7 Å². The van der Waals surface area contributed by atoms with E-state index in [4.69, 9.17) is 15.2 Å². The minimum absolute atomic E-state index is 0. The lowest BCUT2D eigenvalue weighted by molar-refractivity contribution is -0.0375. The van der Waals surface area contributed by atoms with Crippen LogP contribution in [0.4, 0.5) is 0 Å². The molecule has 7 heteroatoms. The van der Waals surface area contributed by atoms with Crippen molar-refractivity contribution >= 4 is 41.3 Å². The van der Waals surface area contributed by atoms with Crippen LogP contribution in [-0.2, 0) is 16.8 Å². The maximum absolute atomic E-state index is 6.18. The monoisotopic (exact) mass is 485 g/mol. The molecule has 0 saturated heterocycles. The van der Waals surface area contributed by atoms with Crippen molar-refractivity contribution in [2.75, 3.05) is 19.8 Å². The lowest BCUT2D eigenvalue weighted by Crippen LogP contribution is -2.40. The molecule has 1 aromatic heterocycles. The number of para-hydroxylation sites is 1. The van der Waals surface area contributed by atoms with Gasteiger partial charge in [-0.3, -0.25) is 4.99 Å². The van der Waals surface area contributed by atoms with E-state index in [1.807, 2.05) is 18.2 Å². The van der Waals surface area contributed by atoms with E-state index in [0.717, 1.165) is 30.8 Å². The van der Waals surface area contributed by atoms with E-state index in [1.54, 1.807) is 11.3 Å². The summed E-state index contributed by atoms with van der Waals surface area (Å²) in [6, 6.07) is 10.3. The van der Waals surface area contributed by atoms with Crippen LogP contribution >= 0.6 is 35.3 Å². The summed E-state index contributed by atoms with van der Waals surface area (Å²) in [4.78, 5) is 5.98. The maximum Gasteiger partial charge on any atom is 0.189 e. The maximum atomic E-state index is 6.18. The summed E-state index contributed by atoms with van der Waals surface area (Å²) in [6.07, 6.45) is 1.86. The molecule has 0 amide bonds. The van der Waals surface area contributed by atoms with Gasteiger partial charge in [-0.1, -0.05) is 18.2 Å². The zero-order valence-electron chi connectivity index (χ0n) is 14.7. The third-order valence-electron chi connectivity index (χ3n) is 4.90. The van der Waals surface area contributed by atoms with Gasteiger partial charge in [-0.05, 0) is 30.0 Å². The van der Waals surface area contributed by atoms with Gasteiger partial charge in [0.1, 0.15) is 11.4 Å². The first-order chi connectivity index (χ1) is 12.2. The molecule has 0 fully saturated rings. The molecule has 2 atom stereocenters. The fourth-order valence-electron chi connectivity index (χ4n) is 3.54. The first kappa shape index (κ1) is 19.4. The van der Waals surface area contributed by atoms with Gasteiger partial charge < -0.3 is 20.5 Å². The van der Waals surface area contributed by atoms with Crippen molar-refractivity contribution in [3.05, 3.63) is 51.7 Å². The molecular formula is C19H24IN3O2S. The molecule has 3 N–H and O–H groups in total. The Morgan fingerprint density at radius 2 is 2.19 bits per heavy atom. The van der Waals surface area contributed by atoms with Crippen LogP contribution in [0.15, 0.2) is 40.7 Å². The van der Waals surface area contributed by atoms with Crippen LogP contribution in [0.5, 0.6) is 5.75 Å². The molecular weight excluding hydrogens is 461 g/mol. The van der Waals surface area contributed by atoms with Crippen molar-refractivity contribution in [2.45, 2.75) is 31.4 Å². The number of aliphatic imine (C=N–C) groups is 1. The molecule has 0 saturated carbocycles. The predicted octanol–water partition coefficient (Wildman–Crippen LogP) is 3.58. The number of ether oxygens (including phenoxy) is 2. The first-order valence-electron chi connectivity index (χ1n) is 8.65. The van der Waals surface area contributed by atoms with Gasteiger partial charge in [0.15, 0.2) is 5.96 Å². The Bertz CT molecular complexity index is 795. The number of halogens is 1. The standard InChI is InChI=1S/C19H23N3O2S.HI/c1-19(14-8-11-25-17(14)7-10-24-19)12-21-18(20)22-15-6-9-23-16-5-3-2-4-13(15)16;/h2-5,8,11,15H,6-7,9-10,12H2,1H3,(H3,20,21,22);1H. The summed E-state index contributed by atoms with van der Waals surface area (Å²) < 4.78 is 11.7. The number of fused-ring (bicyclic) bond motifs is 2. The molecule has 140 valence electrons. The Morgan fingerprint density at radius 3 is 3.08 bits per heavy atom. The molecule has 2 unspecified atom stereocenters. The smallest absolute Gasteiger partial charge is 0.189 e. The highest BCUT2D eigenvalue weighted by Crippen LogP contribution is 2.36. The zero-order chi connectivity index (χ0) is 17.3.